The zero-order valence-electron chi connectivity index (χ0n) is 16.7. The topological polar surface area (TPSA) is 57.5 Å². The van der Waals surface area contributed by atoms with E-state index in [1.807, 2.05) is 18.8 Å². The van der Waals surface area contributed by atoms with Crippen molar-refractivity contribution in [1.29, 1.82) is 0 Å². The van der Waals surface area contributed by atoms with Crippen molar-refractivity contribution in [2.24, 2.45) is 18.0 Å². The fourth-order valence-corrected chi connectivity index (χ4v) is 3.42. The van der Waals surface area contributed by atoms with Gasteiger partial charge in [-0.2, -0.15) is 5.10 Å². The van der Waals surface area contributed by atoms with Gasteiger partial charge < -0.3 is 15.5 Å². The largest absolute Gasteiger partial charge is 0.356 e. The van der Waals surface area contributed by atoms with Crippen LogP contribution < -0.4 is 10.6 Å². The van der Waals surface area contributed by atoms with Crippen LogP contribution in [0, 0.1) is 19.8 Å². The molecule has 1 aliphatic rings. The second kappa shape index (κ2) is 9.80. The predicted molar refractivity (Wildman–Crippen MR) is 105 cm³/mol. The molecule has 0 radical (unpaired) electrons. The molecule has 1 aliphatic heterocycles. The summed E-state index contributed by atoms with van der Waals surface area (Å²) in [4.78, 5) is 6.93. The minimum Gasteiger partial charge on any atom is -0.356 e. The molecule has 6 heteroatoms. The number of aromatic nitrogens is 2. The lowest BCUT2D eigenvalue weighted by Gasteiger charge is -2.30. The number of likely N-dealkylation sites (tertiary alicyclic amines) is 1. The SMILES string of the molecule is CN=C(NCCCCN1CCC(C)CC1)NCc1c(C)nn(C)c1C. The van der Waals surface area contributed by atoms with Crippen LogP contribution in [-0.2, 0) is 13.6 Å². The summed E-state index contributed by atoms with van der Waals surface area (Å²) in [6.07, 6.45) is 5.15. The highest BCUT2D eigenvalue weighted by molar-refractivity contribution is 5.79. The van der Waals surface area contributed by atoms with E-state index in [0.717, 1.165) is 30.7 Å². The van der Waals surface area contributed by atoms with Gasteiger partial charge in [-0.1, -0.05) is 6.92 Å². The summed E-state index contributed by atoms with van der Waals surface area (Å²) in [5.74, 6) is 1.79. The number of hydrogen-bond acceptors (Lipinski definition) is 3. The number of guanidine groups is 1. The Bertz CT molecular complexity index is 555. The van der Waals surface area contributed by atoms with Crippen LogP contribution in [0.5, 0.6) is 0 Å². The summed E-state index contributed by atoms with van der Waals surface area (Å²) >= 11 is 0. The van der Waals surface area contributed by atoms with Crippen LogP contribution in [0.3, 0.4) is 0 Å². The fourth-order valence-electron chi connectivity index (χ4n) is 3.42. The lowest BCUT2D eigenvalue weighted by Crippen LogP contribution is -2.38. The van der Waals surface area contributed by atoms with Crippen molar-refractivity contribution in [2.75, 3.05) is 33.2 Å². The first-order valence-electron chi connectivity index (χ1n) is 9.67. The molecule has 1 saturated heterocycles. The van der Waals surface area contributed by atoms with E-state index >= 15 is 0 Å². The van der Waals surface area contributed by atoms with Gasteiger partial charge in [0, 0.05) is 38.4 Å². The quantitative estimate of drug-likeness (QED) is 0.451. The first-order valence-corrected chi connectivity index (χ1v) is 9.67. The molecule has 0 atom stereocenters. The molecule has 0 unspecified atom stereocenters. The summed E-state index contributed by atoms with van der Waals surface area (Å²) in [6.45, 7) is 12.0. The molecule has 25 heavy (non-hydrogen) atoms. The van der Waals surface area contributed by atoms with E-state index in [2.05, 4.69) is 46.4 Å². The number of nitrogens with zero attached hydrogens (tertiary/aromatic N) is 4. The van der Waals surface area contributed by atoms with Crippen molar-refractivity contribution in [1.82, 2.24) is 25.3 Å². The molecule has 1 fully saturated rings. The number of rotatable bonds is 7. The van der Waals surface area contributed by atoms with Crippen LogP contribution in [0.2, 0.25) is 0 Å². The molecule has 0 amide bonds. The minimum absolute atomic E-state index is 0.761. The zero-order chi connectivity index (χ0) is 18.2. The highest BCUT2D eigenvalue weighted by Gasteiger charge is 2.14. The number of unbranched alkanes of at least 4 members (excludes halogenated alkanes) is 1. The van der Waals surface area contributed by atoms with E-state index in [1.54, 1.807) is 0 Å². The second-order valence-corrected chi connectivity index (χ2v) is 7.36. The number of nitrogens with one attached hydrogen (secondary N) is 2. The molecule has 0 bridgehead atoms. The zero-order valence-corrected chi connectivity index (χ0v) is 16.7. The van der Waals surface area contributed by atoms with Crippen LogP contribution in [0.1, 0.15) is 49.6 Å². The lowest BCUT2D eigenvalue weighted by atomic mass is 9.99. The van der Waals surface area contributed by atoms with Gasteiger partial charge in [-0.3, -0.25) is 9.67 Å². The fraction of sp³-hybridized carbons (Fsp3) is 0.789. The molecule has 6 nitrogen and oxygen atoms in total. The van der Waals surface area contributed by atoms with Crippen LogP contribution in [0.25, 0.3) is 0 Å². The van der Waals surface area contributed by atoms with Gasteiger partial charge in [-0.25, -0.2) is 0 Å². The molecule has 0 spiro atoms. The van der Waals surface area contributed by atoms with Crippen LogP contribution in [0.15, 0.2) is 4.99 Å². The average molecular weight is 349 g/mol. The van der Waals surface area contributed by atoms with E-state index in [4.69, 9.17) is 0 Å². The maximum Gasteiger partial charge on any atom is 0.191 e. The standard InChI is InChI=1S/C19H36N6/c1-15-8-12-25(13-9-15)11-7-6-10-21-19(20-4)22-14-18-16(2)23-24(5)17(18)3/h15H,6-14H2,1-5H3,(H2,20,21,22). The van der Waals surface area contributed by atoms with Crippen molar-refractivity contribution < 1.29 is 0 Å². The lowest BCUT2D eigenvalue weighted by molar-refractivity contribution is 0.189. The Morgan fingerprint density at radius 1 is 1.20 bits per heavy atom. The minimum atomic E-state index is 0.761. The van der Waals surface area contributed by atoms with E-state index in [0.29, 0.717) is 0 Å². The maximum absolute atomic E-state index is 4.46. The Morgan fingerprint density at radius 2 is 1.92 bits per heavy atom. The van der Waals surface area contributed by atoms with Crippen molar-refractivity contribution in [3.05, 3.63) is 17.0 Å². The van der Waals surface area contributed by atoms with Crippen molar-refractivity contribution >= 4 is 5.96 Å². The average Bonchev–Trinajstić information content (AvgIpc) is 2.84. The van der Waals surface area contributed by atoms with Crippen molar-refractivity contribution in [2.45, 2.75) is 53.0 Å². The normalized spacial score (nSPS) is 17.1. The van der Waals surface area contributed by atoms with E-state index in [-0.39, 0.29) is 0 Å². The van der Waals surface area contributed by atoms with Crippen LogP contribution in [0.4, 0.5) is 0 Å². The summed E-state index contributed by atoms with van der Waals surface area (Å²) in [5.41, 5.74) is 3.54. The third-order valence-electron chi connectivity index (χ3n) is 5.38. The first kappa shape index (κ1) is 19.8. The Kier molecular flexibility index (Phi) is 7.75. The van der Waals surface area contributed by atoms with Gasteiger partial charge >= 0.3 is 0 Å². The number of aliphatic imine (C=N–C) groups is 1. The molecular weight excluding hydrogens is 312 g/mol. The highest BCUT2D eigenvalue weighted by Crippen LogP contribution is 2.16. The molecule has 2 heterocycles. The summed E-state index contributed by atoms with van der Waals surface area (Å²) in [7, 11) is 3.81. The molecule has 2 rings (SSSR count). The van der Waals surface area contributed by atoms with Crippen LogP contribution >= 0.6 is 0 Å². The molecule has 1 aromatic rings. The van der Waals surface area contributed by atoms with Gasteiger partial charge in [0.2, 0.25) is 0 Å². The van der Waals surface area contributed by atoms with E-state index in [1.165, 1.54) is 56.6 Å². The molecule has 142 valence electrons. The predicted octanol–water partition coefficient (Wildman–Crippen LogP) is 2.21. The molecule has 0 saturated carbocycles. The Labute approximate surface area is 153 Å². The molecular formula is C19H36N6. The number of hydrogen-bond donors (Lipinski definition) is 2. The smallest absolute Gasteiger partial charge is 0.191 e. The van der Waals surface area contributed by atoms with Gasteiger partial charge in [0.05, 0.1) is 5.69 Å². The van der Waals surface area contributed by atoms with Gasteiger partial charge in [0.15, 0.2) is 5.96 Å². The molecule has 2 N–H and O–H groups in total. The van der Waals surface area contributed by atoms with Crippen LogP contribution in [-0.4, -0.2) is 53.9 Å². The van der Waals surface area contributed by atoms with Gasteiger partial charge in [-0.15, -0.1) is 0 Å². The maximum atomic E-state index is 4.46. The summed E-state index contributed by atoms with van der Waals surface area (Å²) in [5, 5.41) is 11.3. The van der Waals surface area contributed by atoms with Gasteiger partial charge in [0.25, 0.3) is 0 Å². The molecule has 0 aliphatic carbocycles. The Balaban J connectivity index is 1.62. The number of aryl methyl sites for hydroxylation is 2. The van der Waals surface area contributed by atoms with Gasteiger partial charge in [0.1, 0.15) is 0 Å². The molecule has 0 aromatic carbocycles. The third kappa shape index (κ3) is 6.03. The van der Waals surface area contributed by atoms with Crippen molar-refractivity contribution in [3.63, 3.8) is 0 Å². The monoisotopic (exact) mass is 348 g/mol. The van der Waals surface area contributed by atoms with Gasteiger partial charge in [-0.05, 0) is 65.1 Å². The highest BCUT2D eigenvalue weighted by atomic mass is 15.3. The third-order valence-corrected chi connectivity index (χ3v) is 5.38. The Hall–Kier alpha value is -1.56. The molecule has 1 aromatic heterocycles. The summed E-state index contributed by atoms with van der Waals surface area (Å²) < 4.78 is 1.93. The van der Waals surface area contributed by atoms with E-state index in [9.17, 15) is 0 Å². The van der Waals surface area contributed by atoms with Crippen molar-refractivity contribution in [3.8, 4) is 0 Å². The second-order valence-electron chi connectivity index (χ2n) is 7.36. The Morgan fingerprint density at radius 3 is 2.52 bits per heavy atom. The number of piperidine rings is 1. The first-order chi connectivity index (χ1) is 12.0. The van der Waals surface area contributed by atoms with E-state index < -0.39 is 0 Å². The summed E-state index contributed by atoms with van der Waals surface area (Å²) in [6, 6.07) is 0.